The summed E-state index contributed by atoms with van der Waals surface area (Å²) in [6, 6.07) is 0.775. The third kappa shape index (κ3) is 2.02. The zero-order valence-corrected chi connectivity index (χ0v) is 9.32. The first-order valence-electron chi connectivity index (χ1n) is 5.80. The van der Waals surface area contributed by atoms with Crippen LogP contribution in [0.1, 0.15) is 32.6 Å². The predicted octanol–water partition coefficient (Wildman–Crippen LogP) is 1.76. The number of likely N-dealkylation sites (N-methyl/N-ethyl adjacent to an activating group) is 1. The first kappa shape index (κ1) is 9.81. The SMILES string of the molecule is CC[C@H]1CCC(N2C=NN(C)CC2)C1. The molecule has 0 aromatic heterocycles. The van der Waals surface area contributed by atoms with E-state index in [0.29, 0.717) is 0 Å². The van der Waals surface area contributed by atoms with Crippen LogP contribution in [0, 0.1) is 5.92 Å². The second kappa shape index (κ2) is 4.20. The lowest BCUT2D eigenvalue weighted by Gasteiger charge is -2.32. The molecule has 1 aliphatic heterocycles. The Morgan fingerprint density at radius 1 is 1.36 bits per heavy atom. The summed E-state index contributed by atoms with van der Waals surface area (Å²) < 4.78 is 0. The van der Waals surface area contributed by atoms with Gasteiger partial charge in [-0.2, -0.15) is 5.10 Å². The van der Waals surface area contributed by atoms with E-state index in [0.717, 1.165) is 25.0 Å². The highest BCUT2D eigenvalue weighted by atomic mass is 15.5. The topological polar surface area (TPSA) is 18.8 Å². The Labute approximate surface area is 86.8 Å². The van der Waals surface area contributed by atoms with Gasteiger partial charge in [-0.25, -0.2) is 0 Å². The number of hydrogen-bond donors (Lipinski definition) is 0. The number of hydrogen-bond acceptors (Lipinski definition) is 3. The molecular formula is C11H21N3. The molecule has 1 heterocycles. The smallest absolute Gasteiger partial charge is 0.111 e. The molecule has 1 aliphatic carbocycles. The summed E-state index contributed by atoms with van der Waals surface area (Å²) in [5.74, 6) is 0.966. The molecule has 0 amide bonds. The van der Waals surface area contributed by atoms with Gasteiger partial charge in [-0.1, -0.05) is 13.3 Å². The van der Waals surface area contributed by atoms with Crippen molar-refractivity contribution < 1.29 is 0 Å². The standard InChI is InChI=1S/C11H21N3/c1-3-10-4-5-11(8-10)14-7-6-13(2)12-9-14/h9-11H,3-8H2,1-2H3/t10-,11?/m0/s1. The van der Waals surface area contributed by atoms with Crippen molar-refractivity contribution in [2.45, 2.75) is 38.6 Å². The van der Waals surface area contributed by atoms with E-state index in [-0.39, 0.29) is 0 Å². The zero-order chi connectivity index (χ0) is 9.97. The van der Waals surface area contributed by atoms with Gasteiger partial charge in [0.1, 0.15) is 6.34 Å². The van der Waals surface area contributed by atoms with Crippen LogP contribution in [0.4, 0.5) is 0 Å². The first-order valence-corrected chi connectivity index (χ1v) is 5.80. The summed E-state index contributed by atoms with van der Waals surface area (Å²) in [4.78, 5) is 2.44. The molecule has 3 nitrogen and oxygen atoms in total. The van der Waals surface area contributed by atoms with Crippen molar-refractivity contribution in [1.82, 2.24) is 9.91 Å². The molecule has 80 valence electrons. The molecule has 0 saturated heterocycles. The van der Waals surface area contributed by atoms with Gasteiger partial charge in [-0.15, -0.1) is 0 Å². The molecular weight excluding hydrogens is 174 g/mol. The van der Waals surface area contributed by atoms with Crippen molar-refractivity contribution in [2.75, 3.05) is 20.1 Å². The summed E-state index contributed by atoms with van der Waals surface area (Å²) in [5.41, 5.74) is 0. The zero-order valence-electron chi connectivity index (χ0n) is 9.32. The summed E-state index contributed by atoms with van der Waals surface area (Å²) in [5, 5.41) is 6.36. The van der Waals surface area contributed by atoms with Crippen LogP contribution in [0.25, 0.3) is 0 Å². The Hall–Kier alpha value is -0.730. The second-order valence-corrected chi connectivity index (χ2v) is 4.59. The molecule has 1 saturated carbocycles. The fourth-order valence-electron chi connectivity index (χ4n) is 2.53. The maximum absolute atomic E-state index is 4.34. The lowest BCUT2D eigenvalue weighted by molar-refractivity contribution is 0.227. The molecule has 0 radical (unpaired) electrons. The molecule has 0 aromatic carbocycles. The van der Waals surface area contributed by atoms with Gasteiger partial charge >= 0.3 is 0 Å². The highest BCUT2D eigenvalue weighted by Crippen LogP contribution is 2.31. The molecule has 3 heteroatoms. The molecule has 0 N–H and O–H groups in total. The number of hydrazone groups is 1. The van der Waals surface area contributed by atoms with Crippen LogP contribution in [0.5, 0.6) is 0 Å². The van der Waals surface area contributed by atoms with Crippen molar-refractivity contribution in [3.8, 4) is 0 Å². The Bertz CT molecular complexity index is 215. The van der Waals surface area contributed by atoms with E-state index in [1.54, 1.807) is 0 Å². The third-order valence-electron chi connectivity index (χ3n) is 3.64. The minimum Gasteiger partial charge on any atom is -0.356 e. The van der Waals surface area contributed by atoms with Crippen LogP contribution in [0.15, 0.2) is 5.10 Å². The molecule has 2 aliphatic rings. The monoisotopic (exact) mass is 195 g/mol. The van der Waals surface area contributed by atoms with Crippen LogP contribution in [-0.4, -0.2) is 42.4 Å². The van der Waals surface area contributed by atoms with Gasteiger partial charge in [0, 0.05) is 19.6 Å². The van der Waals surface area contributed by atoms with Crippen LogP contribution >= 0.6 is 0 Å². The lowest BCUT2D eigenvalue weighted by Crippen LogP contribution is -2.41. The molecule has 2 rings (SSSR count). The van der Waals surface area contributed by atoms with E-state index in [2.05, 4.69) is 16.9 Å². The van der Waals surface area contributed by atoms with Gasteiger partial charge in [0.2, 0.25) is 0 Å². The highest BCUT2D eigenvalue weighted by molar-refractivity contribution is 5.55. The molecule has 2 atom stereocenters. The highest BCUT2D eigenvalue weighted by Gasteiger charge is 2.27. The quantitative estimate of drug-likeness (QED) is 0.668. The maximum atomic E-state index is 4.34. The van der Waals surface area contributed by atoms with Crippen molar-refractivity contribution >= 4 is 6.34 Å². The third-order valence-corrected chi connectivity index (χ3v) is 3.64. The van der Waals surface area contributed by atoms with Crippen LogP contribution in [-0.2, 0) is 0 Å². The second-order valence-electron chi connectivity index (χ2n) is 4.59. The fourth-order valence-corrected chi connectivity index (χ4v) is 2.53. The Morgan fingerprint density at radius 2 is 2.21 bits per heavy atom. The average molecular weight is 195 g/mol. The predicted molar refractivity (Wildman–Crippen MR) is 59.2 cm³/mol. The number of nitrogens with zero attached hydrogens (tertiary/aromatic N) is 3. The van der Waals surface area contributed by atoms with E-state index < -0.39 is 0 Å². The van der Waals surface area contributed by atoms with Crippen molar-refractivity contribution in [3.05, 3.63) is 0 Å². The largest absolute Gasteiger partial charge is 0.356 e. The molecule has 0 spiro atoms. The Balaban J connectivity index is 1.88. The summed E-state index contributed by atoms with van der Waals surface area (Å²) in [6.45, 7) is 4.54. The maximum Gasteiger partial charge on any atom is 0.111 e. The van der Waals surface area contributed by atoms with Crippen molar-refractivity contribution in [1.29, 1.82) is 0 Å². The molecule has 14 heavy (non-hydrogen) atoms. The molecule has 0 bridgehead atoms. The fraction of sp³-hybridized carbons (Fsp3) is 0.909. The van der Waals surface area contributed by atoms with Gasteiger partial charge in [0.15, 0.2) is 0 Å². The lowest BCUT2D eigenvalue weighted by atomic mass is 10.1. The van der Waals surface area contributed by atoms with Gasteiger partial charge < -0.3 is 4.90 Å². The van der Waals surface area contributed by atoms with Crippen LogP contribution < -0.4 is 0 Å². The van der Waals surface area contributed by atoms with Crippen LogP contribution in [0.3, 0.4) is 0 Å². The summed E-state index contributed by atoms with van der Waals surface area (Å²) >= 11 is 0. The van der Waals surface area contributed by atoms with Crippen molar-refractivity contribution in [3.63, 3.8) is 0 Å². The van der Waals surface area contributed by atoms with Crippen molar-refractivity contribution in [2.24, 2.45) is 11.0 Å². The van der Waals surface area contributed by atoms with Gasteiger partial charge in [-0.05, 0) is 25.2 Å². The summed E-state index contributed by atoms with van der Waals surface area (Å²) in [6.07, 6.45) is 7.55. The Kier molecular flexibility index (Phi) is 2.94. The Morgan fingerprint density at radius 3 is 2.79 bits per heavy atom. The average Bonchev–Trinajstić information content (AvgIpc) is 2.67. The van der Waals surface area contributed by atoms with Crippen LogP contribution in [0.2, 0.25) is 0 Å². The first-order chi connectivity index (χ1) is 6.79. The van der Waals surface area contributed by atoms with E-state index in [4.69, 9.17) is 0 Å². The van der Waals surface area contributed by atoms with E-state index in [1.807, 2.05) is 18.4 Å². The van der Waals surface area contributed by atoms with Gasteiger partial charge in [0.25, 0.3) is 0 Å². The minimum atomic E-state index is 0.775. The summed E-state index contributed by atoms with van der Waals surface area (Å²) in [7, 11) is 2.04. The minimum absolute atomic E-state index is 0.775. The molecule has 1 unspecified atom stereocenters. The van der Waals surface area contributed by atoms with Gasteiger partial charge in [0.05, 0.1) is 6.54 Å². The van der Waals surface area contributed by atoms with E-state index >= 15 is 0 Å². The van der Waals surface area contributed by atoms with E-state index in [1.165, 1.54) is 25.7 Å². The normalized spacial score (nSPS) is 32.7. The van der Waals surface area contributed by atoms with Gasteiger partial charge in [-0.3, -0.25) is 5.01 Å². The van der Waals surface area contributed by atoms with E-state index in [9.17, 15) is 0 Å². The number of rotatable bonds is 2. The molecule has 1 fully saturated rings. The molecule has 0 aromatic rings.